The van der Waals surface area contributed by atoms with E-state index in [0.717, 1.165) is 35.5 Å². The molecule has 5 nitrogen and oxygen atoms in total. The number of hydrogen-bond acceptors (Lipinski definition) is 4. The Morgan fingerprint density at radius 2 is 2.04 bits per heavy atom. The molecule has 1 amide bonds. The van der Waals surface area contributed by atoms with Gasteiger partial charge in [-0.1, -0.05) is 32.9 Å². The van der Waals surface area contributed by atoms with Gasteiger partial charge in [0, 0.05) is 24.7 Å². The van der Waals surface area contributed by atoms with Gasteiger partial charge in [0.05, 0.1) is 24.0 Å². The van der Waals surface area contributed by atoms with Crippen molar-refractivity contribution in [1.82, 2.24) is 5.32 Å². The smallest absolute Gasteiger partial charge is 0.239 e. The molecular weight excluding hydrogens is 314 g/mol. The van der Waals surface area contributed by atoms with Crippen LogP contribution in [0.4, 0.5) is 11.4 Å². The quantitative estimate of drug-likeness (QED) is 0.887. The van der Waals surface area contributed by atoms with Crippen LogP contribution in [0.1, 0.15) is 40.0 Å². The predicted octanol–water partition coefficient (Wildman–Crippen LogP) is 3.09. The number of nitrogens with one attached hydrogen (secondary N) is 2. The number of para-hydroxylation sites is 2. The summed E-state index contributed by atoms with van der Waals surface area (Å²) in [5.41, 5.74) is 3.74. The number of ketones is 1. The predicted molar refractivity (Wildman–Crippen MR) is 101 cm³/mol. The highest BCUT2D eigenvalue weighted by atomic mass is 16.2. The molecule has 3 rings (SSSR count). The van der Waals surface area contributed by atoms with Crippen LogP contribution in [0.25, 0.3) is 0 Å². The first-order valence-electron chi connectivity index (χ1n) is 8.96. The molecule has 1 aromatic carbocycles. The molecule has 5 heteroatoms. The monoisotopic (exact) mass is 341 g/mol. The molecule has 2 aliphatic rings. The van der Waals surface area contributed by atoms with E-state index >= 15 is 0 Å². The van der Waals surface area contributed by atoms with Crippen LogP contribution in [-0.2, 0) is 9.59 Å². The lowest BCUT2D eigenvalue weighted by Crippen LogP contribution is -2.45. The summed E-state index contributed by atoms with van der Waals surface area (Å²) in [6, 6.07) is 7.89. The largest absolute Gasteiger partial charge is 0.358 e. The Bertz CT molecular complexity index is 736. The zero-order valence-corrected chi connectivity index (χ0v) is 15.5. The lowest BCUT2D eigenvalue weighted by atomic mass is 9.74. The number of allylic oxidation sites excluding steroid dienone is 1. The highest BCUT2D eigenvalue weighted by Crippen LogP contribution is 2.44. The van der Waals surface area contributed by atoms with Crippen molar-refractivity contribution in [2.75, 3.05) is 23.8 Å². The number of amides is 1. The van der Waals surface area contributed by atoms with Gasteiger partial charge in [-0.2, -0.15) is 0 Å². The normalized spacial score (nSPS) is 21.8. The zero-order chi connectivity index (χ0) is 18.2. The molecule has 1 aliphatic heterocycles. The Kier molecular flexibility index (Phi) is 4.58. The summed E-state index contributed by atoms with van der Waals surface area (Å²) in [6.45, 7) is 6.58. The van der Waals surface area contributed by atoms with Gasteiger partial charge in [0.2, 0.25) is 5.91 Å². The standard InChI is InChI=1S/C20H27N3O2/c1-5-15-19-14(10-20(2,3)11-17(19)24)22-13-8-6-7-9-16(13)23(15)12-18(25)21-4/h6-9,15,22H,5,10-12H2,1-4H3,(H,21,25)/t15-/m1/s1. The molecule has 1 atom stereocenters. The van der Waals surface area contributed by atoms with E-state index in [-0.39, 0.29) is 29.7 Å². The van der Waals surface area contributed by atoms with E-state index in [0.29, 0.717) is 6.42 Å². The van der Waals surface area contributed by atoms with Gasteiger partial charge < -0.3 is 15.5 Å². The van der Waals surface area contributed by atoms with Crippen LogP contribution < -0.4 is 15.5 Å². The van der Waals surface area contributed by atoms with E-state index in [1.54, 1.807) is 7.05 Å². The van der Waals surface area contributed by atoms with Crippen molar-refractivity contribution >= 4 is 23.1 Å². The second-order valence-electron chi connectivity index (χ2n) is 7.70. The number of likely N-dealkylation sites (N-methyl/N-ethyl adjacent to an activating group) is 1. The molecule has 0 fully saturated rings. The fourth-order valence-corrected chi connectivity index (χ4v) is 4.00. The third-order valence-electron chi connectivity index (χ3n) is 5.11. The molecule has 0 aromatic heterocycles. The maximum absolute atomic E-state index is 13.0. The first-order chi connectivity index (χ1) is 11.9. The minimum absolute atomic E-state index is 0.0495. The number of benzene rings is 1. The molecule has 0 saturated heterocycles. The third kappa shape index (κ3) is 3.28. The summed E-state index contributed by atoms with van der Waals surface area (Å²) in [4.78, 5) is 27.2. The third-order valence-corrected chi connectivity index (χ3v) is 5.11. The van der Waals surface area contributed by atoms with Gasteiger partial charge in [0.25, 0.3) is 0 Å². The average Bonchev–Trinajstić information content (AvgIpc) is 2.68. The summed E-state index contributed by atoms with van der Waals surface area (Å²) >= 11 is 0. The van der Waals surface area contributed by atoms with E-state index in [4.69, 9.17) is 0 Å². The molecule has 0 bridgehead atoms. The molecule has 0 radical (unpaired) electrons. The second-order valence-corrected chi connectivity index (χ2v) is 7.70. The van der Waals surface area contributed by atoms with Crippen molar-refractivity contribution in [3.63, 3.8) is 0 Å². The average molecular weight is 341 g/mol. The van der Waals surface area contributed by atoms with Gasteiger partial charge in [-0.15, -0.1) is 0 Å². The lowest BCUT2D eigenvalue weighted by molar-refractivity contribution is -0.120. The number of anilines is 2. The molecule has 1 heterocycles. The molecule has 1 aromatic rings. The van der Waals surface area contributed by atoms with Crippen molar-refractivity contribution in [1.29, 1.82) is 0 Å². The van der Waals surface area contributed by atoms with Crippen molar-refractivity contribution in [3.8, 4) is 0 Å². The molecule has 0 unspecified atom stereocenters. The summed E-state index contributed by atoms with van der Waals surface area (Å²) in [7, 11) is 1.64. The Morgan fingerprint density at radius 1 is 1.32 bits per heavy atom. The zero-order valence-electron chi connectivity index (χ0n) is 15.5. The summed E-state index contributed by atoms with van der Waals surface area (Å²) in [5.74, 6) is 0.140. The second kappa shape index (κ2) is 6.54. The molecule has 0 spiro atoms. The topological polar surface area (TPSA) is 61.4 Å². The molecule has 2 N–H and O–H groups in total. The van der Waals surface area contributed by atoms with Crippen LogP contribution in [0, 0.1) is 5.41 Å². The summed E-state index contributed by atoms with van der Waals surface area (Å²) in [5, 5.41) is 6.22. The number of carbonyl (C=O) groups excluding carboxylic acids is 2. The molecule has 134 valence electrons. The first kappa shape index (κ1) is 17.5. The van der Waals surface area contributed by atoms with E-state index in [1.807, 2.05) is 24.3 Å². The van der Waals surface area contributed by atoms with E-state index in [2.05, 4.69) is 36.3 Å². The fourth-order valence-electron chi connectivity index (χ4n) is 4.00. The van der Waals surface area contributed by atoms with E-state index in [1.165, 1.54) is 0 Å². The number of rotatable bonds is 3. The van der Waals surface area contributed by atoms with Crippen molar-refractivity contribution in [3.05, 3.63) is 35.5 Å². The highest BCUT2D eigenvalue weighted by Gasteiger charge is 2.40. The van der Waals surface area contributed by atoms with Gasteiger partial charge in [0.15, 0.2) is 5.78 Å². The number of hydrogen-bond donors (Lipinski definition) is 2. The van der Waals surface area contributed by atoms with Crippen LogP contribution in [0.2, 0.25) is 0 Å². The SMILES string of the molecule is CC[C@@H]1C2=C(CC(C)(C)CC2=O)Nc2ccccc2N1CC(=O)NC. The van der Waals surface area contributed by atoms with Crippen molar-refractivity contribution in [2.45, 2.75) is 46.1 Å². The maximum atomic E-state index is 13.0. The Labute approximate surface area is 149 Å². The van der Waals surface area contributed by atoms with Gasteiger partial charge in [-0.25, -0.2) is 0 Å². The Morgan fingerprint density at radius 3 is 2.72 bits per heavy atom. The van der Waals surface area contributed by atoms with Crippen LogP contribution in [0.5, 0.6) is 0 Å². The fraction of sp³-hybridized carbons (Fsp3) is 0.500. The summed E-state index contributed by atoms with van der Waals surface area (Å²) < 4.78 is 0. The van der Waals surface area contributed by atoms with Gasteiger partial charge in [0.1, 0.15) is 0 Å². The first-order valence-corrected chi connectivity index (χ1v) is 8.96. The number of Topliss-reactive ketones (excluding diaryl/α,β-unsaturated/α-hetero) is 1. The molecule has 1 aliphatic carbocycles. The van der Waals surface area contributed by atoms with Crippen LogP contribution >= 0.6 is 0 Å². The van der Waals surface area contributed by atoms with Crippen molar-refractivity contribution < 1.29 is 9.59 Å². The minimum Gasteiger partial charge on any atom is -0.358 e. The molecule has 25 heavy (non-hydrogen) atoms. The number of nitrogens with zero attached hydrogens (tertiary/aromatic N) is 1. The van der Waals surface area contributed by atoms with Crippen molar-refractivity contribution in [2.24, 2.45) is 5.41 Å². The van der Waals surface area contributed by atoms with Crippen LogP contribution in [-0.4, -0.2) is 31.3 Å². The minimum atomic E-state index is -0.0907. The number of fused-ring (bicyclic) bond motifs is 1. The molecule has 0 saturated carbocycles. The van der Waals surface area contributed by atoms with Crippen LogP contribution in [0.3, 0.4) is 0 Å². The highest BCUT2D eigenvalue weighted by molar-refractivity contribution is 6.01. The van der Waals surface area contributed by atoms with Crippen LogP contribution in [0.15, 0.2) is 35.5 Å². The van der Waals surface area contributed by atoms with E-state index < -0.39 is 0 Å². The lowest BCUT2D eigenvalue weighted by Gasteiger charge is -2.37. The van der Waals surface area contributed by atoms with Gasteiger partial charge >= 0.3 is 0 Å². The molecular formula is C20H27N3O2. The van der Waals surface area contributed by atoms with Gasteiger partial charge in [-0.3, -0.25) is 9.59 Å². The summed E-state index contributed by atoms with van der Waals surface area (Å²) in [6.07, 6.45) is 2.17. The number of carbonyl (C=O) groups is 2. The van der Waals surface area contributed by atoms with Gasteiger partial charge in [-0.05, 0) is 30.4 Å². The van der Waals surface area contributed by atoms with E-state index in [9.17, 15) is 9.59 Å². The Balaban J connectivity index is 2.14. The maximum Gasteiger partial charge on any atom is 0.239 e. The Hall–Kier alpha value is -2.30.